The van der Waals surface area contributed by atoms with E-state index in [9.17, 15) is 9.59 Å². The van der Waals surface area contributed by atoms with Gasteiger partial charge in [0.1, 0.15) is 0 Å². The molecule has 0 bridgehead atoms. The summed E-state index contributed by atoms with van der Waals surface area (Å²) in [5.41, 5.74) is 1.05. The maximum absolute atomic E-state index is 12.4. The van der Waals surface area contributed by atoms with Crippen molar-refractivity contribution in [1.82, 2.24) is 9.88 Å². The Kier molecular flexibility index (Phi) is 6.94. The van der Waals surface area contributed by atoms with Crippen molar-refractivity contribution in [1.29, 1.82) is 0 Å². The minimum Gasteiger partial charge on any atom is -0.478 e. The second-order valence-corrected chi connectivity index (χ2v) is 5.71. The molecule has 1 atom stereocenters. The van der Waals surface area contributed by atoms with E-state index in [1.54, 1.807) is 29.8 Å². The van der Waals surface area contributed by atoms with E-state index in [-0.39, 0.29) is 11.9 Å². The maximum atomic E-state index is 12.4. The summed E-state index contributed by atoms with van der Waals surface area (Å²) in [6.07, 6.45) is 8.43. The first-order valence-corrected chi connectivity index (χ1v) is 7.97. The molecule has 1 aromatic rings. The molecule has 0 fully saturated rings. The third-order valence-electron chi connectivity index (χ3n) is 3.15. The number of carboxylic acids is 1. The molecule has 1 unspecified atom stereocenters. The number of carbonyl (C=O) groups is 2. The van der Waals surface area contributed by atoms with Gasteiger partial charge >= 0.3 is 5.97 Å². The highest BCUT2D eigenvalue weighted by atomic mass is 32.2. The number of pyridine rings is 1. The molecule has 21 heavy (non-hydrogen) atoms. The topological polar surface area (TPSA) is 70.5 Å². The van der Waals surface area contributed by atoms with Crippen LogP contribution >= 0.6 is 11.8 Å². The third-order valence-corrected chi connectivity index (χ3v) is 3.79. The van der Waals surface area contributed by atoms with E-state index in [1.807, 2.05) is 13.2 Å². The van der Waals surface area contributed by atoms with Crippen LogP contribution in [-0.4, -0.2) is 52.0 Å². The fourth-order valence-corrected chi connectivity index (χ4v) is 2.30. The molecule has 0 saturated carbocycles. The van der Waals surface area contributed by atoms with Gasteiger partial charge < -0.3 is 10.0 Å². The zero-order valence-electron chi connectivity index (χ0n) is 12.4. The maximum Gasteiger partial charge on any atom is 0.328 e. The molecule has 114 valence electrons. The van der Waals surface area contributed by atoms with Crippen LogP contribution in [0.1, 0.15) is 29.3 Å². The monoisotopic (exact) mass is 308 g/mol. The number of aromatic nitrogens is 1. The van der Waals surface area contributed by atoms with Crippen LogP contribution in [0.5, 0.6) is 0 Å². The van der Waals surface area contributed by atoms with Crippen LogP contribution in [-0.2, 0) is 4.79 Å². The molecule has 0 aliphatic rings. The van der Waals surface area contributed by atoms with Gasteiger partial charge in [-0.2, -0.15) is 11.8 Å². The smallest absolute Gasteiger partial charge is 0.328 e. The fourth-order valence-electron chi connectivity index (χ4n) is 1.72. The van der Waals surface area contributed by atoms with Crippen LogP contribution < -0.4 is 0 Å². The second kappa shape index (κ2) is 8.46. The van der Waals surface area contributed by atoms with Gasteiger partial charge in [-0.3, -0.25) is 9.78 Å². The number of rotatable bonds is 7. The Morgan fingerprint density at radius 2 is 2.19 bits per heavy atom. The van der Waals surface area contributed by atoms with Crippen LogP contribution in [0.15, 0.2) is 24.5 Å². The van der Waals surface area contributed by atoms with Gasteiger partial charge in [-0.15, -0.1) is 0 Å². The Balaban J connectivity index is 2.82. The highest BCUT2D eigenvalue weighted by Crippen LogP contribution is 2.12. The van der Waals surface area contributed by atoms with Crippen molar-refractivity contribution < 1.29 is 14.7 Å². The first kappa shape index (κ1) is 17.2. The lowest BCUT2D eigenvalue weighted by molar-refractivity contribution is -0.131. The van der Waals surface area contributed by atoms with Gasteiger partial charge in [0.2, 0.25) is 0 Å². The van der Waals surface area contributed by atoms with E-state index in [0.717, 1.165) is 18.2 Å². The lowest BCUT2D eigenvalue weighted by atomic mass is 10.1. The van der Waals surface area contributed by atoms with E-state index < -0.39 is 5.97 Å². The molecule has 0 aromatic carbocycles. The Morgan fingerprint density at radius 3 is 2.81 bits per heavy atom. The molecule has 1 amide bonds. The average molecular weight is 308 g/mol. The van der Waals surface area contributed by atoms with E-state index in [4.69, 9.17) is 5.11 Å². The van der Waals surface area contributed by atoms with Gasteiger partial charge in [0, 0.05) is 31.6 Å². The minimum atomic E-state index is -1.03. The molecule has 1 aromatic heterocycles. The third kappa shape index (κ3) is 5.59. The molecule has 5 nitrogen and oxygen atoms in total. The van der Waals surface area contributed by atoms with E-state index in [0.29, 0.717) is 11.1 Å². The van der Waals surface area contributed by atoms with Gasteiger partial charge in [0.05, 0.1) is 5.56 Å². The van der Waals surface area contributed by atoms with Crippen molar-refractivity contribution in [2.24, 2.45) is 0 Å². The first-order valence-electron chi connectivity index (χ1n) is 6.58. The molecule has 0 radical (unpaired) electrons. The van der Waals surface area contributed by atoms with Crippen LogP contribution in [0.25, 0.3) is 6.08 Å². The van der Waals surface area contributed by atoms with Crippen LogP contribution in [0.3, 0.4) is 0 Å². The summed E-state index contributed by atoms with van der Waals surface area (Å²) in [7, 11) is 1.77. The minimum absolute atomic E-state index is 0.110. The molecule has 6 heteroatoms. The molecule has 1 rings (SSSR count). The lowest BCUT2D eigenvalue weighted by Crippen LogP contribution is -2.35. The predicted molar refractivity (Wildman–Crippen MR) is 85.5 cm³/mol. The Morgan fingerprint density at radius 1 is 1.48 bits per heavy atom. The number of hydrogen-bond donors (Lipinski definition) is 1. The second-order valence-electron chi connectivity index (χ2n) is 4.73. The van der Waals surface area contributed by atoms with Gasteiger partial charge in [-0.1, -0.05) is 0 Å². The highest BCUT2D eigenvalue weighted by molar-refractivity contribution is 7.98. The Bertz CT molecular complexity index is 531. The molecular formula is C15H20N2O3S. The van der Waals surface area contributed by atoms with Crippen molar-refractivity contribution in [2.45, 2.75) is 19.4 Å². The predicted octanol–water partition coefficient (Wildman–Crippen LogP) is 2.39. The zero-order chi connectivity index (χ0) is 15.8. The summed E-state index contributed by atoms with van der Waals surface area (Å²) in [5.74, 6) is -0.144. The quantitative estimate of drug-likeness (QED) is 0.783. The Labute approximate surface area is 129 Å². The van der Waals surface area contributed by atoms with Crippen LogP contribution in [0.4, 0.5) is 0 Å². The van der Waals surface area contributed by atoms with Gasteiger partial charge in [-0.25, -0.2) is 4.79 Å². The zero-order valence-corrected chi connectivity index (χ0v) is 13.3. The summed E-state index contributed by atoms with van der Waals surface area (Å²) < 4.78 is 0. The van der Waals surface area contributed by atoms with Crippen LogP contribution in [0.2, 0.25) is 0 Å². The molecule has 0 aliphatic heterocycles. The number of carbonyl (C=O) groups excluding carboxylic acids is 1. The van der Waals surface area contributed by atoms with Gasteiger partial charge in [-0.05, 0) is 43.1 Å². The molecule has 1 heterocycles. The van der Waals surface area contributed by atoms with Gasteiger partial charge in [0.15, 0.2) is 0 Å². The summed E-state index contributed by atoms with van der Waals surface area (Å²) in [6, 6.07) is 1.79. The van der Waals surface area contributed by atoms with E-state index >= 15 is 0 Å². The Hall–Kier alpha value is -1.82. The van der Waals surface area contributed by atoms with Crippen molar-refractivity contribution >= 4 is 29.7 Å². The molecule has 1 N–H and O–H groups in total. The number of thioether (sulfide) groups is 1. The summed E-state index contributed by atoms with van der Waals surface area (Å²) in [5, 5.41) is 8.61. The lowest BCUT2D eigenvalue weighted by Gasteiger charge is -2.24. The first-order chi connectivity index (χ1) is 9.95. The molecular weight excluding hydrogens is 288 g/mol. The summed E-state index contributed by atoms with van der Waals surface area (Å²) in [4.78, 5) is 28.6. The molecule has 0 aliphatic carbocycles. The van der Waals surface area contributed by atoms with E-state index in [2.05, 4.69) is 4.98 Å². The average Bonchev–Trinajstić information content (AvgIpc) is 2.49. The SMILES string of the molecule is CSCCC(C)N(C)C(=O)c1cncc(/C=C/C(=O)O)c1. The van der Waals surface area contributed by atoms with Crippen molar-refractivity contribution in [2.75, 3.05) is 19.1 Å². The number of carboxylic acid groups (broad SMARTS) is 1. The van der Waals surface area contributed by atoms with Crippen molar-refractivity contribution in [3.05, 3.63) is 35.7 Å². The number of hydrogen-bond acceptors (Lipinski definition) is 4. The number of nitrogens with zero attached hydrogens (tertiary/aromatic N) is 2. The number of amides is 1. The molecule has 0 spiro atoms. The van der Waals surface area contributed by atoms with Crippen LogP contribution in [0, 0.1) is 0 Å². The van der Waals surface area contributed by atoms with Crippen molar-refractivity contribution in [3.63, 3.8) is 0 Å². The summed E-state index contributed by atoms with van der Waals surface area (Å²) in [6.45, 7) is 2.01. The largest absolute Gasteiger partial charge is 0.478 e. The highest BCUT2D eigenvalue weighted by Gasteiger charge is 2.17. The standard InChI is InChI=1S/C15H20N2O3S/c1-11(6-7-21-3)17(2)15(20)13-8-12(9-16-10-13)4-5-14(18)19/h4-5,8-11H,6-7H2,1-3H3,(H,18,19)/b5-4+. The normalized spacial score (nSPS) is 12.3. The summed E-state index contributed by atoms with van der Waals surface area (Å²) >= 11 is 1.75. The van der Waals surface area contributed by atoms with Gasteiger partial charge in [0.25, 0.3) is 5.91 Å². The van der Waals surface area contributed by atoms with E-state index in [1.165, 1.54) is 18.5 Å². The van der Waals surface area contributed by atoms with Crippen molar-refractivity contribution in [3.8, 4) is 0 Å². The fraction of sp³-hybridized carbons (Fsp3) is 0.400. The number of aliphatic carboxylic acids is 1. The molecule has 0 saturated heterocycles.